The average molecular weight is 337 g/mol. The van der Waals surface area contributed by atoms with Crippen LogP contribution in [0.4, 0.5) is 0 Å². The maximum atomic E-state index is 12.9. The summed E-state index contributed by atoms with van der Waals surface area (Å²) in [5.41, 5.74) is 11.6. The standard InChI is InChI=1S/C17H15N5OS/c1-11-13(10-20-21-17(18)24)14-4-2-3-9-22(14)15(11)16(23)12-5-7-19-8-6-12/h2-10H,1H3,(H3,18,21,24)/b20-10+. The van der Waals surface area contributed by atoms with Crippen LogP contribution in [0.15, 0.2) is 54.0 Å². The van der Waals surface area contributed by atoms with Crippen molar-refractivity contribution in [2.24, 2.45) is 10.8 Å². The third-order valence-electron chi connectivity index (χ3n) is 3.66. The number of pyridine rings is 2. The number of nitrogens with one attached hydrogen (secondary N) is 1. The molecule has 0 aromatic carbocycles. The van der Waals surface area contributed by atoms with E-state index in [4.69, 9.17) is 18.0 Å². The second-order valence-electron chi connectivity index (χ2n) is 5.14. The van der Waals surface area contributed by atoms with Crippen LogP contribution in [-0.4, -0.2) is 26.5 Å². The van der Waals surface area contributed by atoms with Gasteiger partial charge in [-0.25, -0.2) is 0 Å². The molecular formula is C17H15N5OS. The van der Waals surface area contributed by atoms with Crippen molar-refractivity contribution in [3.8, 4) is 0 Å². The zero-order valence-electron chi connectivity index (χ0n) is 12.9. The molecule has 0 spiro atoms. The van der Waals surface area contributed by atoms with Crippen LogP contribution in [-0.2, 0) is 0 Å². The van der Waals surface area contributed by atoms with Gasteiger partial charge in [-0.05, 0) is 49.0 Å². The van der Waals surface area contributed by atoms with Gasteiger partial charge < -0.3 is 10.1 Å². The number of aromatic nitrogens is 2. The minimum atomic E-state index is -0.0712. The summed E-state index contributed by atoms with van der Waals surface area (Å²) in [6.07, 6.45) is 6.68. The number of ketones is 1. The highest BCUT2D eigenvalue weighted by molar-refractivity contribution is 7.80. The topological polar surface area (TPSA) is 84.8 Å². The summed E-state index contributed by atoms with van der Waals surface area (Å²) in [6.45, 7) is 1.89. The van der Waals surface area contributed by atoms with E-state index >= 15 is 0 Å². The van der Waals surface area contributed by atoms with Gasteiger partial charge in [0.2, 0.25) is 5.78 Å². The molecule has 0 atom stereocenters. The minimum absolute atomic E-state index is 0.0712. The van der Waals surface area contributed by atoms with Crippen molar-refractivity contribution in [3.63, 3.8) is 0 Å². The predicted octanol–water partition coefficient (Wildman–Crippen LogP) is 2.04. The highest BCUT2D eigenvalue weighted by atomic mass is 32.1. The summed E-state index contributed by atoms with van der Waals surface area (Å²) in [5, 5.41) is 4.11. The summed E-state index contributed by atoms with van der Waals surface area (Å²) in [4.78, 5) is 16.9. The number of carbonyl (C=O) groups excluding carboxylic acids is 1. The van der Waals surface area contributed by atoms with Gasteiger partial charge in [-0.3, -0.25) is 15.2 Å². The van der Waals surface area contributed by atoms with Gasteiger partial charge in [-0.1, -0.05) is 6.07 Å². The van der Waals surface area contributed by atoms with Crippen LogP contribution < -0.4 is 11.2 Å². The van der Waals surface area contributed by atoms with Crippen molar-refractivity contribution in [1.82, 2.24) is 14.8 Å². The Kier molecular flexibility index (Phi) is 4.35. The molecule has 3 aromatic heterocycles. The van der Waals surface area contributed by atoms with Gasteiger partial charge in [0.05, 0.1) is 17.4 Å². The molecule has 0 saturated carbocycles. The van der Waals surface area contributed by atoms with Crippen LogP contribution in [0.2, 0.25) is 0 Å². The van der Waals surface area contributed by atoms with Gasteiger partial charge in [0.25, 0.3) is 0 Å². The first-order valence-corrected chi connectivity index (χ1v) is 7.63. The van der Waals surface area contributed by atoms with E-state index < -0.39 is 0 Å². The quantitative estimate of drug-likeness (QED) is 0.329. The Labute approximate surface area is 144 Å². The van der Waals surface area contributed by atoms with E-state index in [2.05, 4.69) is 15.5 Å². The van der Waals surface area contributed by atoms with Gasteiger partial charge >= 0.3 is 0 Å². The van der Waals surface area contributed by atoms with E-state index in [9.17, 15) is 4.79 Å². The molecule has 0 aliphatic carbocycles. The minimum Gasteiger partial charge on any atom is -0.375 e. The van der Waals surface area contributed by atoms with Crippen molar-refractivity contribution in [3.05, 3.63) is 71.3 Å². The van der Waals surface area contributed by atoms with Crippen LogP contribution >= 0.6 is 12.2 Å². The molecule has 3 rings (SSSR count). The van der Waals surface area contributed by atoms with E-state index in [0.717, 1.165) is 16.6 Å². The fraction of sp³-hybridized carbons (Fsp3) is 0.0588. The lowest BCUT2D eigenvalue weighted by molar-refractivity contribution is 0.103. The fourth-order valence-corrected chi connectivity index (χ4v) is 2.65. The van der Waals surface area contributed by atoms with Crippen LogP contribution in [0.5, 0.6) is 0 Å². The van der Waals surface area contributed by atoms with Crippen LogP contribution in [0.25, 0.3) is 5.52 Å². The molecule has 0 amide bonds. The average Bonchev–Trinajstić information content (AvgIpc) is 2.87. The van der Waals surface area contributed by atoms with E-state index in [1.54, 1.807) is 30.7 Å². The third-order valence-corrected chi connectivity index (χ3v) is 3.75. The molecule has 0 aliphatic rings. The van der Waals surface area contributed by atoms with Gasteiger partial charge in [0.1, 0.15) is 0 Å². The molecule has 3 aromatic rings. The van der Waals surface area contributed by atoms with Gasteiger partial charge in [-0.2, -0.15) is 5.10 Å². The number of rotatable bonds is 4. The lowest BCUT2D eigenvalue weighted by atomic mass is 10.1. The highest BCUT2D eigenvalue weighted by Crippen LogP contribution is 2.24. The summed E-state index contributed by atoms with van der Waals surface area (Å²) >= 11 is 4.74. The Hall–Kier alpha value is -3.06. The number of hydrogen-bond donors (Lipinski definition) is 2. The molecule has 0 saturated heterocycles. The smallest absolute Gasteiger partial charge is 0.210 e. The summed E-state index contributed by atoms with van der Waals surface area (Å²) in [5.74, 6) is -0.0712. The predicted molar refractivity (Wildman–Crippen MR) is 97.3 cm³/mol. The molecular weight excluding hydrogens is 322 g/mol. The van der Waals surface area contributed by atoms with Crippen molar-refractivity contribution in [2.45, 2.75) is 6.92 Å². The molecule has 6 nitrogen and oxygen atoms in total. The Morgan fingerprint density at radius 3 is 2.79 bits per heavy atom. The van der Waals surface area contributed by atoms with Gasteiger partial charge in [0, 0.05) is 29.7 Å². The second kappa shape index (κ2) is 6.59. The number of thiocarbonyl (C=S) groups is 1. The number of hydrogen-bond acceptors (Lipinski definition) is 4. The number of nitrogens with zero attached hydrogens (tertiary/aromatic N) is 3. The fourth-order valence-electron chi connectivity index (χ4n) is 2.60. The normalized spacial score (nSPS) is 11.0. The van der Waals surface area contributed by atoms with Crippen LogP contribution in [0, 0.1) is 6.92 Å². The molecule has 0 fully saturated rings. The van der Waals surface area contributed by atoms with Crippen LogP contribution in [0.1, 0.15) is 27.2 Å². The van der Waals surface area contributed by atoms with Gasteiger partial charge in [-0.15, -0.1) is 0 Å². The summed E-state index contributed by atoms with van der Waals surface area (Å²) < 4.78 is 1.86. The Balaban J connectivity index is 2.15. The second-order valence-corrected chi connectivity index (χ2v) is 5.58. The number of hydrazone groups is 1. The first kappa shape index (κ1) is 15.8. The van der Waals surface area contributed by atoms with E-state index in [0.29, 0.717) is 11.3 Å². The number of carbonyl (C=O) groups is 1. The largest absolute Gasteiger partial charge is 0.375 e. The van der Waals surface area contributed by atoms with Crippen molar-refractivity contribution in [1.29, 1.82) is 0 Å². The van der Waals surface area contributed by atoms with Crippen molar-refractivity contribution in [2.75, 3.05) is 0 Å². The van der Waals surface area contributed by atoms with E-state index in [1.807, 2.05) is 35.7 Å². The first-order chi connectivity index (χ1) is 11.6. The molecule has 24 heavy (non-hydrogen) atoms. The molecule has 120 valence electrons. The van der Waals surface area contributed by atoms with Crippen molar-refractivity contribution >= 4 is 34.8 Å². The molecule has 0 unspecified atom stereocenters. The molecule has 3 N–H and O–H groups in total. The molecule has 7 heteroatoms. The first-order valence-electron chi connectivity index (χ1n) is 7.22. The Morgan fingerprint density at radius 2 is 2.08 bits per heavy atom. The molecule has 0 bridgehead atoms. The molecule has 3 heterocycles. The zero-order valence-corrected chi connectivity index (χ0v) is 13.7. The lowest BCUT2D eigenvalue weighted by Gasteiger charge is -2.03. The van der Waals surface area contributed by atoms with Gasteiger partial charge in [0.15, 0.2) is 5.11 Å². The summed E-state index contributed by atoms with van der Waals surface area (Å²) in [6, 6.07) is 9.12. The van der Waals surface area contributed by atoms with Crippen LogP contribution in [0.3, 0.4) is 0 Å². The lowest BCUT2D eigenvalue weighted by Crippen LogP contribution is -2.24. The highest BCUT2D eigenvalue weighted by Gasteiger charge is 2.20. The SMILES string of the molecule is Cc1c(/C=N/NC(N)=S)c2ccccn2c1C(=O)c1ccncc1. The maximum Gasteiger partial charge on any atom is 0.210 e. The van der Waals surface area contributed by atoms with Crippen molar-refractivity contribution < 1.29 is 4.79 Å². The van der Waals surface area contributed by atoms with E-state index in [-0.39, 0.29) is 10.9 Å². The Bertz CT molecular complexity index is 946. The Morgan fingerprint density at radius 1 is 1.33 bits per heavy atom. The summed E-state index contributed by atoms with van der Waals surface area (Å²) in [7, 11) is 0. The molecule has 0 aliphatic heterocycles. The third kappa shape index (κ3) is 2.89. The number of nitrogens with two attached hydrogens (primary N) is 1. The monoisotopic (exact) mass is 337 g/mol. The zero-order chi connectivity index (χ0) is 17.1. The van der Waals surface area contributed by atoms with E-state index in [1.165, 1.54) is 0 Å². The molecule has 0 radical (unpaired) electrons. The maximum absolute atomic E-state index is 12.9. The number of fused-ring (bicyclic) bond motifs is 1.